The molecule has 1 unspecified atom stereocenters. The summed E-state index contributed by atoms with van der Waals surface area (Å²) in [6, 6.07) is 7.31. The number of aliphatic carboxylic acids is 2. The first-order chi connectivity index (χ1) is 14.3. The van der Waals surface area contributed by atoms with Crippen molar-refractivity contribution in [1.82, 2.24) is 5.32 Å². The molecule has 1 aromatic rings. The topological polar surface area (TPSA) is 158 Å². The molecule has 0 heterocycles. The van der Waals surface area contributed by atoms with Crippen molar-refractivity contribution < 1.29 is 34.5 Å². The van der Waals surface area contributed by atoms with E-state index in [9.17, 15) is 19.5 Å². The van der Waals surface area contributed by atoms with Gasteiger partial charge in [-0.3, -0.25) is 4.79 Å². The Bertz CT molecular complexity index is 765. The van der Waals surface area contributed by atoms with Gasteiger partial charge in [0, 0.05) is 36.8 Å². The van der Waals surface area contributed by atoms with Crippen molar-refractivity contribution in [2.45, 2.75) is 46.3 Å². The molecule has 0 aromatic heterocycles. The molecule has 0 bridgehead atoms. The van der Waals surface area contributed by atoms with Gasteiger partial charge in [0.25, 0.3) is 0 Å². The van der Waals surface area contributed by atoms with Gasteiger partial charge in [-0.1, -0.05) is 17.3 Å². The van der Waals surface area contributed by atoms with Crippen LogP contribution in [0.4, 0.5) is 5.69 Å². The lowest BCUT2D eigenvalue weighted by Crippen LogP contribution is -2.42. The zero-order valence-electron chi connectivity index (χ0n) is 18.4. The van der Waals surface area contributed by atoms with Crippen LogP contribution in [0.5, 0.6) is 0 Å². The molecule has 0 aliphatic rings. The Morgan fingerprint density at radius 2 is 1.58 bits per heavy atom. The second-order valence-electron chi connectivity index (χ2n) is 7.53. The van der Waals surface area contributed by atoms with Gasteiger partial charge in [0.05, 0.1) is 5.71 Å². The summed E-state index contributed by atoms with van der Waals surface area (Å²) in [7, 11) is 0. The number of benzene rings is 1. The van der Waals surface area contributed by atoms with E-state index < -0.39 is 18.0 Å². The Morgan fingerprint density at radius 1 is 1.06 bits per heavy atom. The van der Waals surface area contributed by atoms with Crippen LogP contribution in [0.25, 0.3) is 0 Å². The lowest BCUT2D eigenvalue weighted by atomic mass is 10.1. The molecule has 5 N–H and O–H groups in total. The highest BCUT2D eigenvalue weighted by Gasteiger charge is 2.12. The Kier molecular flexibility index (Phi) is 12.4. The Labute approximate surface area is 181 Å². The molecule has 0 fully saturated rings. The minimum absolute atomic E-state index is 0.0458. The molecule has 0 saturated heterocycles. The molecule has 10 nitrogen and oxygen atoms in total. The number of hydrogen-bond donors (Lipinski definition) is 5. The third-order valence-corrected chi connectivity index (χ3v) is 3.33. The van der Waals surface area contributed by atoms with Gasteiger partial charge in [0.1, 0.15) is 12.7 Å². The number of carboxylic acid groups (broad SMARTS) is 2. The van der Waals surface area contributed by atoms with Gasteiger partial charge in [0.2, 0.25) is 5.91 Å². The van der Waals surface area contributed by atoms with E-state index >= 15 is 0 Å². The highest BCUT2D eigenvalue weighted by molar-refractivity contribution is 5.99. The Hall–Kier alpha value is -3.24. The summed E-state index contributed by atoms with van der Waals surface area (Å²) in [6.07, 6.45) is 0.498. The number of nitrogens with one attached hydrogen (secondary N) is 2. The smallest absolute Gasteiger partial charge is 0.328 e. The lowest BCUT2D eigenvalue weighted by molar-refractivity contribution is -0.134. The number of carbonyl (C=O) groups excluding carboxylic acids is 1. The second-order valence-corrected chi connectivity index (χ2v) is 7.53. The number of oxime groups is 1. The van der Waals surface area contributed by atoms with Crippen LogP contribution in [-0.2, 0) is 19.2 Å². The number of anilines is 1. The first-order valence-electron chi connectivity index (χ1n) is 9.41. The number of nitrogens with zero attached hydrogens (tertiary/aromatic N) is 1. The number of hydrogen-bond acceptors (Lipinski definition) is 7. The van der Waals surface area contributed by atoms with Crippen molar-refractivity contribution >= 4 is 29.2 Å². The SMILES string of the molecule is CC(=O)Nc1ccc(/C(C)=N/OCC(O)CNC(C)(C)C)cc1.O=C(O)/C=C\C(=O)O. The lowest BCUT2D eigenvalue weighted by Gasteiger charge is -2.22. The van der Waals surface area contributed by atoms with Crippen molar-refractivity contribution in [2.24, 2.45) is 5.16 Å². The summed E-state index contributed by atoms with van der Waals surface area (Å²) in [5, 5.41) is 35.4. The number of carbonyl (C=O) groups is 3. The zero-order chi connectivity index (χ0) is 24.0. The average Bonchev–Trinajstić information content (AvgIpc) is 2.64. The quantitative estimate of drug-likeness (QED) is 0.222. The fourth-order valence-electron chi connectivity index (χ4n) is 1.90. The monoisotopic (exact) mass is 437 g/mol. The van der Waals surface area contributed by atoms with E-state index in [1.54, 1.807) is 12.1 Å². The minimum Gasteiger partial charge on any atom is -0.478 e. The molecule has 1 aromatic carbocycles. The third-order valence-electron chi connectivity index (χ3n) is 3.33. The number of β-amino-alcohol motifs (C(OH)–C–C–N with tert-alkyl or cyclic N) is 1. The number of carboxylic acids is 2. The van der Waals surface area contributed by atoms with Gasteiger partial charge in [-0.05, 0) is 45.4 Å². The van der Waals surface area contributed by atoms with Crippen LogP contribution >= 0.6 is 0 Å². The van der Waals surface area contributed by atoms with Crippen LogP contribution in [0.2, 0.25) is 0 Å². The maximum absolute atomic E-state index is 11.0. The van der Waals surface area contributed by atoms with Gasteiger partial charge >= 0.3 is 11.9 Å². The zero-order valence-corrected chi connectivity index (χ0v) is 18.4. The van der Waals surface area contributed by atoms with E-state index in [4.69, 9.17) is 15.1 Å². The van der Waals surface area contributed by atoms with Crippen LogP contribution in [0.3, 0.4) is 0 Å². The summed E-state index contributed by atoms with van der Waals surface area (Å²) in [5.74, 6) is -2.62. The summed E-state index contributed by atoms with van der Waals surface area (Å²) in [5.41, 5.74) is 2.28. The van der Waals surface area contributed by atoms with Crippen LogP contribution in [0, 0.1) is 0 Å². The van der Waals surface area contributed by atoms with E-state index in [0.29, 0.717) is 24.4 Å². The molecule has 0 aliphatic heterocycles. The molecule has 172 valence electrons. The van der Waals surface area contributed by atoms with Crippen molar-refractivity contribution in [3.05, 3.63) is 42.0 Å². The molecule has 10 heteroatoms. The molecule has 0 aliphatic carbocycles. The largest absolute Gasteiger partial charge is 0.478 e. The van der Waals surface area contributed by atoms with E-state index in [1.165, 1.54) is 6.92 Å². The Morgan fingerprint density at radius 3 is 2.00 bits per heavy atom. The highest BCUT2D eigenvalue weighted by Crippen LogP contribution is 2.10. The first kappa shape index (κ1) is 27.8. The number of amides is 1. The molecular weight excluding hydrogens is 406 g/mol. The van der Waals surface area contributed by atoms with Crippen LogP contribution in [0.15, 0.2) is 41.6 Å². The third kappa shape index (κ3) is 16.3. The summed E-state index contributed by atoms with van der Waals surface area (Å²) < 4.78 is 0. The molecule has 0 saturated carbocycles. The van der Waals surface area contributed by atoms with E-state index in [2.05, 4.69) is 15.8 Å². The predicted molar refractivity (Wildman–Crippen MR) is 117 cm³/mol. The van der Waals surface area contributed by atoms with Crippen LogP contribution in [0.1, 0.15) is 40.2 Å². The molecule has 0 spiro atoms. The molecule has 1 amide bonds. The Balaban J connectivity index is 0.000000954. The molecule has 1 atom stereocenters. The van der Waals surface area contributed by atoms with E-state index in [1.807, 2.05) is 39.8 Å². The van der Waals surface area contributed by atoms with Gasteiger partial charge in [-0.15, -0.1) is 0 Å². The summed E-state index contributed by atoms with van der Waals surface area (Å²) in [6.45, 7) is 9.98. The van der Waals surface area contributed by atoms with E-state index in [-0.39, 0.29) is 18.1 Å². The van der Waals surface area contributed by atoms with Crippen molar-refractivity contribution in [3.63, 3.8) is 0 Å². The minimum atomic E-state index is -1.26. The predicted octanol–water partition coefficient (Wildman–Crippen LogP) is 1.85. The molecule has 0 radical (unpaired) electrons. The first-order valence-corrected chi connectivity index (χ1v) is 9.41. The maximum Gasteiger partial charge on any atom is 0.328 e. The number of aliphatic hydroxyl groups excluding tert-OH is 1. The van der Waals surface area contributed by atoms with Crippen molar-refractivity contribution in [3.8, 4) is 0 Å². The number of aliphatic hydroxyl groups is 1. The molecule has 31 heavy (non-hydrogen) atoms. The summed E-state index contributed by atoms with van der Waals surface area (Å²) in [4.78, 5) is 35.3. The van der Waals surface area contributed by atoms with Crippen LogP contribution < -0.4 is 10.6 Å². The molecule has 1 rings (SSSR count). The summed E-state index contributed by atoms with van der Waals surface area (Å²) >= 11 is 0. The van der Waals surface area contributed by atoms with Gasteiger partial charge in [-0.25, -0.2) is 9.59 Å². The fraction of sp³-hybridized carbons (Fsp3) is 0.429. The normalized spacial score (nSPS) is 12.5. The van der Waals surface area contributed by atoms with Gasteiger partial charge in [-0.2, -0.15) is 0 Å². The van der Waals surface area contributed by atoms with Crippen molar-refractivity contribution in [1.29, 1.82) is 0 Å². The standard InChI is InChI=1S/C17H27N3O3.C4H4O4/c1-12(14-6-8-15(9-7-14)19-13(2)21)20-23-11-16(22)10-18-17(3,4)5;5-3(6)1-2-4(7)8/h6-9,16,18,22H,10-11H2,1-5H3,(H,19,21);1-2H,(H,5,6)(H,7,8)/b20-12+;2-1-. The van der Waals surface area contributed by atoms with Gasteiger partial charge < -0.3 is 30.8 Å². The van der Waals surface area contributed by atoms with Gasteiger partial charge in [0.15, 0.2) is 0 Å². The number of rotatable bonds is 9. The highest BCUT2D eigenvalue weighted by atomic mass is 16.6. The average molecular weight is 437 g/mol. The van der Waals surface area contributed by atoms with Crippen molar-refractivity contribution in [2.75, 3.05) is 18.5 Å². The maximum atomic E-state index is 11.0. The fourth-order valence-corrected chi connectivity index (χ4v) is 1.90. The molecular formula is C21H31N3O7. The van der Waals surface area contributed by atoms with E-state index in [0.717, 1.165) is 11.3 Å². The van der Waals surface area contributed by atoms with Crippen LogP contribution in [-0.4, -0.2) is 63.7 Å². The second kappa shape index (κ2) is 13.9.